The lowest BCUT2D eigenvalue weighted by atomic mass is 9.94. The molecular weight excluding hydrogens is 352 g/mol. The summed E-state index contributed by atoms with van der Waals surface area (Å²) in [5.74, 6) is 0.882. The van der Waals surface area contributed by atoms with Crippen LogP contribution in [-0.4, -0.2) is 26.4 Å². The Morgan fingerprint density at radius 2 is 2.18 bits per heavy atom. The number of benzene rings is 1. The van der Waals surface area contributed by atoms with Crippen molar-refractivity contribution in [3.8, 4) is 0 Å². The van der Waals surface area contributed by atoms with E-state index in [1.165, 1.54) is 5.56 Å². The molecule has 1 atom stereocenters. The Morgan fingerprint density at radius 3 is 3.00 bits per heavy atom. The van der Waals surface area contributed by atoms with E-state index in [9.17, 15) is 4.79 Å². The minimum atomic E-state index is -0.214. The van der Waals surface area contributed by atoms with Crippen LogP contribution in [-0.2, 0) is 13.0 Å². The van der Waals surface area contributed by atoms with Crippen LogP contribution in [0.5, 0.6) is 0 Å². The normalized spacial score (nSPS) is 17.1. The summed E-state index contributed by atoms with van der Waals surface area (Å²) in [4.78, 5) is 26.3. The molecule has 142 valence electrons. The summed E-state index contributed by atoms with van der Waals surface area (Å²) in [5, 5.41) is 1.05. The molecule has 0 aliphatic carbocycles. The van der Waals surface area contributed by atoms with E-state index in [1.807, 2.05) is 25.1 Å². The van der Waals surface area contributed by atoms with Gasteiger partial charge in [-0.1, -0.05) is 11.6 Å². The molecule has 0 spiro atoms. The van der Waals surface area contributed by atoms with Crippen LogP contribution in [0.1, 0.15) is 39.9 Å². The van der Waals surface area contributed by atoms with Crippen molar-refractivity contribution in [1.82, 2.24) is 19.9 Å². The topological polar surface area (TPSA) is 77.9 Å². The molecule has 0 radical (unpaired) electrons. The maximum absolute atomic E-state index is 13.1. The fourth-order valence-corrected chi connectivity index (χ4v) is 4.35. The van der Waals surface area contributed by atoms with Gasteiger partial charge in [0.05, 0.1) is 36.4 Å². The SMILES string of the molecule is Cc1cc(C)c2[nH]c(=O)c([C@H]3c4nc[nH]c4CCN3Cc3ccco3)cc2c1. The van der Waals surface area contributed by atoms with E-state index >= 15 is 0 Å². The van der Waals surface area contributed by atoms with E-state index in [4.69, 9.17) is 4.42 Å². The third-order valence-electron chi connectivity index (χ3n) is 5.58. The van der Waals surface area contributed by atoms with Crippen LogP contribution < -0.4 is 5.56 Å². The highest BCUT2D eigenvalue weighted by Gasteiger charge is 2.33. The largest absolute Gasteiger partial charge is 0.468 e. The van der Waals surface area contributed by atoms with Crippen LogP contribution in [0.25, 0.3) is 10.9 Å². The molecule has 6 heteroatoms. The minimum absolute atomic E-state index is 0.0650. The number of nitrogens with one attached hydrogen (secondary N) is 2. The van der Waals surface area contributed by atoms with E-state index in [0.717, 1.165) is 52.1 Å². The lowest BCUT2D eigenvalue weighted by Gasteiger charge is -2.34. The molecule has 1 aliphatic heterocycles. The molecule has 0 unspecified atom stereocenters. The Morgan fingerprint density at radius 1 is 1.29 bits per heavy atom. The molecule has 0 fully saturated rings. The van der Waals surface area contributed by atoms with E-state index < -0.39 is 0 Å². The van der Waals surface area contributed by atoms with Crippen molar-refractivity contribution in [2.75, 3.05) is 6.54 Å². The summed E-state index contributed by atoms with van der Waals surface area (Å²) in [6.07, 6.45) is 4.27. The number of hydrogen-bond acceptors (Lipinski definition) is 4. The number of H-pyrrole nitrogens is 2. The summed E-state index contributed by atoms with van der Waals surface area (Å²) < 4.78 is 5.57. The Labute approximate surface area is 162 Å². The van der Waals surface area contributed by atoms with Crippen molar-refractivity contribution in [1.29, 1.82) is 0 Å². The van der Waals surface area contributed by atoms with Crippen LogP contribution in [0.15, 0.2) is 52.1 Å². The van der Waals surface area contributed by atoms with Crippen LogP contribution >= 0.6 is 0 Å². The number of fused-ring (bicyclic) bond motifs is 2. The average Bonchev–Trinajstić information content (AvgIpc) is 3.34. The quantitative estimate of drug-likeness (QED) is 0.574. The van der Waals surface area contributed by atoms with Crippen molar-refractivity contribution in [3.63, 3.8) is 0 Å². The van der Waals surface area contributed by atoms with Crippen LogP contribution in [0.2, 0.25) is 0 Å². The molecule has 0 amide bonds. The molecule has 5 rings (SSSR count). The van der Waals surface area contributed by atoms with Gasteiger partial charge < -0.3 is 14.4 Å². The summed E-state index contributed by atoms with van der Waals surface area (Å²) in [6.45, 7) is 5.56. The second-order valence-corrected chi connectivity index (χ2v) is 7.57. The van der Waals surface area contributed by atoms with E-state index in [1.54, 1.807) is 12.6 Å². The molecule has 1 aromatic carbocycles. The molecule has 4 aromatic rings. The lowest BCUT2D eigenvalue weighted by Crippen LogP contribution is -2.38. The first kappa shape index (κ1) is 17.0. The van der Waals surface area contributed by atoms with Gasteiger partial charge in [0, 0.05) is 24.2 Å². The first-order chi connectivity index (χ1) is 13.6. The number of pyridine rings is 1. The fraction of sp³-hybridized carbons (Fsp3) is 0.273. The number of rotatable bonds is 3. The summed E-state index contributed by atoms with van der Waals surface area (Å²) in [7, 11) is 0. The van der Waals surface area contributed by atoms with Gasteiger partial charge in [0.25, 0.3) is 5.56 Å². The zero-order chi connectivity index (χ0) is 19.3. The Balaban J connectivity index is 1.68. The predicted octanol–water partition coefficient (Wildman–Crippen LogP) is 3.61. The highest BCUT2D eigenvalue weighted by Crippen LogP contribution is 2.34. The maximum atomic E-state index is 13.1. The molecule has 0 saturated heterocycles. The Hall–Kier alpha value is -3.12. The highest BCUT2D eigenvalue weighted by atomic mass is 16.3. The highest BCUT2D eigenvalue weighted by molar-refractivity contribution is 5.83. The first-order valence-corrected chi connectivity index (χ1v) is 9.53. The third-order valence-corrected chi connectivity index (χ3v) is 5.58. The van der Waals surface area contributed by atoms with Crippen LogP contribution in [0.4, 0.5) is 0 Å². The Kier molecular flexibility index (Phi) is 3.94. The molecule has 3 aromatic heterocycles. The molecule has 6 nitrogen and oxygen atoms in total. The molecule has 0 bridgehead atoms. The van der Waals surface area contributed by atoms with Gasteiger partial charge in [0.2, 0.25) is 0 Å². The van der Waals surface area contributed by atoms with E-state index in [0.29, 0.717) is 6.54 Å². The Bertz CT molecular complexity index is 1200. The first-order valence-electron chi connectivity index (χ1n) is 9.53. The van der Waals surface area contributed by atoms with Gasteiger partial charge in [-0.2, -0.15) is 0 Å². The number of aromatic nitrogens is 3. The van der Waals surface area contributed by atoms with E-state index in [2.05, 4.69) is 38.9 Å². The fourth-order valence-electron chi connectivity index (χ4n) is 4.35. The average molecular weight is 374 g/mol. The maximum Gasteiger partial charge on any atom is 0.253 e. The van der Waals surface area contributed by atoms with Gasteiger partial charge in [-0.3, -0.25) is 9.69 Å². The van der Waals surface area contributed by atoms with Gasteiger partial charge in [-0.05, 0) is 49.1 Å². The zero-order valence-corrected chi connectivity index (χ0v) is 16.0. The van der Waals surface area contributed by atoms with Gasteiger partial charge in [0.1, 0.15) is 5.76 Å². The van der Waals surface area contributed by atoms with Gasteiger partial charge in [-0.15, -0.1) is 0 Å². The van der Waals surface area contributed by atoms with Crippen LogP contribution in [0, 0.1) is 13.8 Å². The number of aryl methyl sites for hydroxylation is 2. The standard InChI is InChI=1S/C22H22N4O2/c1-13-8-14(2)19-15(9-13)10-17(22(27)25-19)21-20-18(23-12-24-20)5-6-26(21)11-16-4-3-7-28-16/h3-4,7-10,12,21H,5-6,11H2,1-2H3,(H,23,24)(H,25,27)/t21-/m0/s1. The van der Waals surface area contributed by atoms with Crippen molar-refractivity contribution < 1.29 is 4.42 Å². The van der Waals surface area contributed by atoms with Gasteiger partial charge in [0.15, 0.2) is 0 Å². The van der Waals surface area contributed by atoms with Crippen molar-refractivity contribution in [3.05, 3.63) is 87.1 Å². The molecule has 2 N–H and O–H groups in total. The molecule has 4 heterocycles. The van der Waals surface area contributed by atoms with Crippen molar-refractivity contribution in [2.45, 2.75) is 32.9 Å². The number of furan rings is 1. The van der Waals surface area contributed by atoms with Crippen LogP contribution in [0.3, 0.4) is 0 Å². The molecule has 0 saturated carbocycles. The number of nitrogens with zero attached hydrogens (tertiary/aromatic N) is 2. The van der Waals surface area contributed by atoms with Crippen molar-refractivity contribution >= 4 is 10.9 Å². The number of hydrogen-bond donors (Lipinski definition) is 2. The second-order valence-electron chi connectivity index (χ2n) is 7.57. The number of aromatic amines is 2. The lowest BCUT2D eigenvalue weighted by molar-refractivity contribution is 0.184. The third kappa shape index (κ3) is 2.77. The second kappa shape index (κ2) is 6.49. The zero-order valence-electron chi connectivity index (χ0n) is 16.0. The molecular formula is C22H22N4O2. The van der Waals surface area contributed by atoms with E-state index in [-0.39, 0.29) is 11.6 Å². The summed E-state index contributed by atoms with van der Waals surface area (Å²) >= 11 is 0. The summed E-state index contributed by atoms with van der Waals surface area (Å²) in [5.41, 5.74) is 5.83. The van der Waals surface area contributed by atoms with Gasteiger partial charge >= 0.3 is 0 Å². The van der Waals surface area contributed by atoms with Crippen molar-refractivity contribution in [2.24, 2.45) is 0 Å². The summed E-state index contributed by atoms with van der Waals surface area (Å²) in [6, 6.07) is 9.88. The predicted molar refractivity (Wildman–Crippen MR) is 107 cm³/mol. The minimum Gasteiger partial charge on any atom is -0.468 e. The smallest absolute Gasteiger partial charge is 0.253 e. The molecule has 1 aliphatic rings. The van der Waals surface area contributed by atoms with Gasteiger partial charge in [-0.25, -0.2) is 4.98 Å². The number of imidazole rings is 1. The molecule has 28 heavy (non-hydrogen) atoms. The monoisotopic (exact) mass is 374 g/mol.